The second-order valence-electron chi connectivity index (χ2n) is 5.88. The molecule has 1 aliphatic heterocycles. The molecular formula is C14H26N2O2. The van der Waals surface area contributed by atoms with Gasteiger partial charge in [-0.1, -0.05) is 19.3 Å². The van der Waals surface area contributed by atoms with E-state index in [9.17, 15) is 4.79 Å². The van der Waals surface area contributed by atoms with Gasteiger partial charge in [-0.05, 0) is 50.6 Å². The number of nitrogens with zero attached hydrogens (tertiary/aromatic N) is 1. The largest absolute Gasteiger partial charge is 0.465 e. The Hall–Kier alpha value is -0.770. The van der Waals surface area contributed by atoms with Crippen LogP contribution in [0.4, 0.5) is 4.79 Å². The molecule has 0 aromatic rings. The van der Waals surface area contributed by atoms with Gasteiger partial charge in [-0.3, -0.25) is 0 Å². The molecule has 0 atom stereocenters. The summed E-state index contributed by atoms with van der Waals surface area (Å²) in [4.78, 5) is 12.3. The van der Waals surface area contributed by atoms with Crippen LogP contribution in [0.25, 0.3) is 0 Å². The highest BCUT2D eigenvalue weighted by molar-refractivity contribution is 5.64. The van der Waals surface area contributed by atoms with Gasteiger partial charge in [-0.2, -0.15) is 0 Å². The van der Waals surface area contributed by atoms with Gasteiger partial charge < -0.3 is 15.3 Å². The minimum atomic E-state index is -0.761. The summed E-state index contributed by atoms with van der Waals surface area (Å²) in [5.74, 6) is 1.56. The van der Waals surface area contributed by atoms with Gasteiger partial charge in [0, 0.05) is 13.1 Å². The first-order valence-electron chi connectivity index (χ1n) is 7.44. The molecule has 104 valence electrons. The lowest BCUT2D eigenvalue weighted by Crippen LogP contribution is -2.40. The highest BCUT2D eigenvalue weighted by atomic mass is 16.4. The molecule has 2 aliphatic rings. The van der Waals surface area contributed by atoms with Crippen LogP contribution in [0.1, 0.15) is 44.9 Å². The standard InChI is InChI=1S/C14H26N2O2/c17-14(18)16-8-6-13(7-9-16)11-15-10-12-4-2-1-3-5-12/h12-13,15H,1-11H2,(H,17,18). The van der Waals surface area contributed by atoms with Crippen LogP contribution in [0.15, 0.2) is 0 Å². The maximum absolute atomic E-state index is 10.8. The summed E-state index contributed by atoms with van der Waals surface area (Å²) in [6.07, 6.45) is 8.29. The third kappa shape index (κ3) is 4.16. The quantitative estimate of drug-likeness (QED) is 0.810. The van der Waals surface area contributed by atoms with E-state index in [4.69, 9.17) is 5.11 Å². The SMILES string of the molecule is O=C(O)N1CCC(CNCC2CCCCC2)CC1. The number of amides is 1. The zero-order chi connectivity index (χ0) is 12.8. The lowest BCUT2D eigenvalue weighted by molar-refractivity contribution is 0.124. The summed E-state index contributed by atoms with van der Waals surface area (Å²) in [7, 11) is 0. The van der Waals surface area contributed by atoms with Crippen LogP contribution in [-0.4, -0.2) is 42.3 Å². The Kier molecular flexibility index (Phi) is 5.29. The second-order valence-corrected chi connectivity index (χ2v) is 5.88. The number of carboxylic acid groups (broad SMARTS) is 1. The Morgan fingerprint density at radius 2 is 1.56 bits per heavy atom. The summed E-state index contributed by atoms with van der Waals surface area (Å²) in [5, 5.41) is 12.5. The lowest BCUT2D eigenvalue weighted by atomic mass is 9.89. The van der Waals surface area contributed by atoms with Crippen molar-refractivity contribution in [2.24, 2.45) is 11.8 Å². The van der Waals surface area contributed by atoms with E-state index < -0.39 is 6.09 Å². The Morgan fingerprint density at radius 1 is 1.00 bits per heavy atom. The van der Waals surface area contributed by atoms with Crippen LogP contribution in [0.2, 0.25) is 0 Å². The third-order valence-electron chi connectivity index (χ3n) is 4.48. The van der Waals surface area contributed by atoms with Crippen LogP contribution in [0.5, 0.6) is 0 Å². The molecular weight excluding hydrogens is 228 g/mol. The molecule has 0 unspecified atom stereocenters. The fourth-order valence-corrected chi connectivity index (χ4v) is 3.21. The maximum Gasteiger partial charge on any atom is 0.407 e. The minimum absolute atomic E-state index is 0.671. The van der Waals surface area contributed by atoms with E-state index in [1.807, 2.05) is 0 Å². The van der Waals surface area contributed by atoms with Gasteiger partial charge in [0.15, 0.2) is 0 Å². The first-order valence-corrected chi connectivity index (χ1v) is 7.44. The Morgan fingerprint density at radius 3 is 2.11 bits per heavy atom. The summed E-state index contributed by atoms with van der Waals surface area (Å²) < 4.78 is 0. The van der Waals surface area contributed by atoms with Gasteiger partial charge in [0.25, 0.3) is 0 Å². The fraction of sp³-hybridized carbons (Fsp3) is 0.929. The van der Waals surface area contributed by atoms with E-state index in [1.54, 1.807) is 0 Å². The van der Waals surface area contributed by atoms with Gasteiger partial charge >= 0.3 is 6.09 Å². The highest BCUT2D eigenvalue weighted by Gasteiger charge is 2.22. The Balaban J connectivity index is 1.56. The van der Waals surface area contributed by atoms with E-state index >= 15 is 0 Å². The number of hydrogen-bond donors (Lipinski definition) is 2. The van der Waals surface area contributed by atoms with Crippen LogP contribution < -0.4 is 5.32 Å². The molecule has 0 bridgehead atoms. The molecule has 1 heterocycles. The molecule has 2 fully saturated rings. The van der Waals surface area contributed by atoms with Gasteiger partial charge in [-0.25, -0.2) is 4.79 Å². The van der Waals surface area contributed by atoms with Crippen molar-refractivity contribution in [3.63, 3.8) is 0 Å². The number of likely N-dealkylation sites (tertiary alicyclic amines) is 1. The predicted octanol–water partition coefficient (Wildman–Crippen LogP) is 2.55. The number of carbonyl (C=O) groups is 1. The summed E-state index contributed by atoms with van der Waals surface area (Å²) in [6, 6.07) is 0. The van der Waals surface area contributed by atoms with E-state index in [1.165, 1.54) is 43.5 Å². The molecule has 1 saturated heterocycles. The van der Waals surface area contributed by atoms with Crippen molar-refractivity contribution in [2.45, 2.75) is 44.9 Å². The third-order valence-corrected chi connectivity index (χ3v) is 4.48. The van der Waals surface area contributed by atoms with Crippen LogP contribution in [0.3, 0.4) is 0 Å². The van der Waals surface area contributed by atoms with Crippen molar-refractivity contribution in [2.75, 3.05) is 26.2 Å². The smallest absolute Gasteiger partial charge is 0.407 e. The molecule has 2 rings (SSSR count). The molecule has 1 saturated carbocycles. The molecule has 0 aromatic carbocycles. The number of piperidine rings is 1. The van der Waals surface area contributed by atoms with E-state index in [0.717, 1.165) is 25.3 Å². The molecule has 4 heteroatoms. The first kappa shape index (κ1) is 13.7. The lowest BCUT2D eigenvalue weighted by Gasteiger charge is -2.30. The van der Waals surface area contributed by atoms with Crippen LogP contribution in [-0.2, 0) is 0 Å². The van der Waals surface area contributed by atoms with Crippen molar-refractivity contribution < 1.29 is 9.90 Å². The van der Waals surface area contributed by atoms with Crippen molar-refractivity contribution >= 4 is 6.09 Å². The molecule has 0 aromatic heterocycles. The minimum Gasteiger partial charge on any atom is -0.465 e. The maximum atomic E-state index is 10.8. The van der Waals surface area contributed by atoms with E-state index in [2.05, 4.69) is 5.32 Å². The zero-order valence-electron chi connectivity index (χ0n) is 11.2. The first-order chi connectivity index (χ1) is 8.75. The average molecular weight is 254 g/mol. The van der Waals surface area contributed by atoms with Crippen LogP contribution in [0, 0.1) is 11.8 Å². The molecule has 0 radical (unpaired) electrons. The van der Waals surface area contributed by atoms with Gasteiger partial charge in [0.05, 0.1) is 0 Å². The molecule has 18 heavy (non-hydrogen) atoms. The number of hydrogen-bond acceptors (Lipinski definition) is 2. The number of rotatable bonds is 4. The van der Waals surface area contributed by atoms with Crippen molar-refractivity contribution in [1.82, 2.24) is 10.2 Å². The van der Waals surface area contributed by atoms with Crippen LogP contribution >= 0.6 is 0 Å². The van der Waals surface area contributed by atoms with Gasteiger partial charge in [0.2, 0.25) is 0 Å². The van der Waals surface area contributed by atoms with Crippen molar-refractivity contribution in [3.05, 3.63) is 0 Å². The Bertz CT molecular complexity index is 257. The molecule has 1 amide bonds. The summed E-state index contributed by atoms with van der Waals surface area (Å²) in [5.41, 5.74) is 0. The highest BCUT2D eigenvalue weighted by Crippen LogP contribution is 2.23. The van der Waals surface area contributed by atoms with Crippen molar-refractivity contribution in [3.8, 4) is 0 Å². The second kappa shape index (κ2) is 6.98. The topological polar surface area (TPSA) is 52.6 Å². The monoisotopic (exact) mass is 254 g/mol. The number of nitrogens with one attached hydrogen (secondary N) is 1. The predicted molar refractivity (Wildman–Crippen MR) is 71.8 cm³/mol. The molecule has 0 spiro atoms. The normalized spacial score (nSPS) is 23.2. The summed E-state index contributed by atoms with van der Waals surface area (Å²) >= 11 is 0. The van der Waals surface area contributed by atoms with Gasteiger partial charge in [0.1, 0.15) is 0 Å². The van der Waals surface area contributed by atoms with E-state index in [-0.39, 0.29) is 0 Å². The molecule has 1 aliphatic carbocycles. The molecule has 2 N–H and O–H groups in total. The van der Waals surface area contributed by atoms with E-state index in [0.29, 0.717) is 19.0 Å². The van der Waals surface area contributed by atoms with Crippen molar-refractivity contribution in [1.29, 1.82) is 0 Å². The zero-order valence-corrected chi connectivity index (χ0v) is 11.2. The fourth-order valence-electron chi connectivity index (χ4n) is 3.21. The summed E-state index contributed by atoms with van der Waals surface area (Å²) in [6.45, 7) is 3.67. The Labute approximate surface area is 110 Å². The average Bonchev–Trinajstić information content (AvgIpc) is 2.40. The van der Waals surface area contributed by atoms with Gasteiger partial charge in [-0.15, -0.1) is 0 Å². The molecule has 4 nitrogen and oxygen atoms in total.